The van der Waals surface area contributed by atoms with E-state index >= 15 is 0 Å². The first-order valence-electron chi connectivity index (χ1n) is 7.61. The number of rotatable bonds is 8. The third-order valence-electron chi connectivity index (χ3n) is 3.49. The monoisotopic (exact) mass is 360 g/mol. The van der Waals surface area contributed by atoms with Crippen molar-refractivity contribution in [2.24, 2.45) is 5.73 Å². The number of ether oxygens (including phenoxy) is 4. The van der Waals surface area contributed by atoms with Crippen LogP contribution in [0.3, 0.4) is 0 Å². The Balaban J connectivity index is 2.09. The van der Waals surface area contributed by atoms with Crippen molar-refractivity contribution in [2.75, 3.05) is 33.3 Å². The number of amides is 2. The molecule has 2 amide bonds. The summed E-state index contributed by atoms with van der Waals surface area (Å²) >= 11 is 0. The fraction of sp³-hybridized carbons (Fsp3) is 0.222. The van der Waals surface area contributed by atoms with Gasteiger partial charge in [0.25, 0.3) is 11.8 Å². The van der Waals surface area contributed by atoms with Gasteiger partial charge in [-0.2, -0.15) is 0 Å². The number of hydrogen-bond donors (Lipinski definition) is 2. The van der Waals surface area contributed by atoms with Gasteiger partial charge in [0.2, 0.25) is 0 Å². The highest BCUT2D eigenvalue weighted by Gasteiger charge is 2.14. The van der Waals surface area contributed by atoms with Crippen molar-refractivity contribution < 1.29 is 28.5 Å². The van der Waals surface area contributed by atoms with E-state index in [2.05, 4.69) is 5.32 Å². The van der Waals surface area contributed by atoms with Crippen LogP contribution in [0.1, 0.15) is 10.4 Å². The molecule has 0 aromatic heterocycles. The van der Waals surface area contributed by atoms with Crippen LogP contribution in [0.5, 0.6) is 23.0 Å². The second-order valence-electron chi connectivity index (χ2n) is 5.13. The maximum absolute atomic E-state index is 12.2. The zero-order valence-electron chi connectivity index (χ0n) is 14.7. The molecule has 0 radical (unpaired) electrons. The number of carbonyl (C=O) groups excluding carboxylic acids is 2. The standard InChI is InChI=1S/C18H20N2O6/c1-23-11-4-6-15(13(8-11)18(19)22)26-10-17(21)20-14-9-12(24-2)5-7-16(14)25-3/h4-9H,10H2,1-3H3,(H2,19,22)(H,20,21). The van der Waals surface area contributed by atoms with E-state index in [-0.39, 0.29) is 17.9 Å². The third-order valence-corrected chi connectivity index (χ3v) is 3.49. The van der Waals surface area contributed by atoms with E-state index in [0.717, 1.165) is 0 Å². The summed E-state index contributed by atoms with van der Waals surface area (Å²) in [5.74, 6) is 0.550. The molecule has 2 aromatic carbocycles. The van der Waals surface area contributed by atoms with Crippen LogP contribution in [0, 0.1) is 0 Å². The summed E-state index contributed by atoms with van der Waals surface area (Å²) in [4.78, 5) is 23.7. The van der Waals surface area contributed by atoms with Gasteiger partial charge in [-0.05, 0) is 30.3 Å². The van der Waals surface area contributed by atoms with E-state index in [9.17, 15) is 9.59 Å². The molecule has 0 aliphatic rings. The Morgan fingerprint density at radius 2 is 1.54 bits per heavy atom. The van der Waals surface area contributed by atoms with Gasteiger partial charge in [-0.15, -0.1) is 0 Å². The zero-order chi connectivity index (χ0) is 19.1. The number of methoxy groups -OCH3 is 3. The van der Waals surface area contributed by atoms with Gasteiger partial charge in [0, 0.05) is 6.07 Å². The van der Waals surface area contributed by atoms with Gasteiger partial charge in [0.05, 0.1) is 32.6 Å². The molecule has 0 atom stereocenters. The largest absolute Gasteiger partial charge is 0.497 e. The van der Waals surface area contributed by atoms with Crippen LogP contribution in [0.4, 0.5) is 5.69 Å². The first-order valence-corrected chi connectivity index (χ1v) is 7.61. The van der Waals surface area contributed by atoms with Crippen LogP contribution in [0.2, 0.25) is 0 Å². The molecule has 0 bridgehead atoms. The Morgan fingerprint density at radius 1 is 0.923 bits per heavy atom. The predicted molar refractivity (Wildman–Crippen MR) is 95.2 cm³/mol. The van der Waals surface area contributed by atoms with Crippen LogP contribution in [0.15, 0.2) is 36.4 Å². The molecular weight excluding hydrogens is 340 g/mol. The summed E-state index contributed by atoms with van der Waals surface area (Å²) < 4.78 is 20.8. The lowest BCUT2D eigenvalue weighted by molar-refractivity contribution is -0.118. The van der Waals surface area contributed by atoms with Crippen molar-refractivity contribution >= 4 is 17.5 Å². The van der Waals surface area contributed by atoms with E-state index in [4.69, 9.17) is 24.7 Å². The summed E-state index contributed by atoms with van der Waals surface area (Å²) in [5.41, 5.74) is 5.89. The first kappa shape index (κ1) is 18.9. The highest BCUT2D eigenvalue weighted by molar-refractivity contribution is 5.97. The Morgan fingerprint density at radius 3 is 2.12 bits per heavy atom. The molecule has 26 heavy (non-hydrogen) atoms. The Labute approximate surface area is 150 Å². The van der Waals surface area contributed by atoms with Crippen molar-refractivity contribution in [1.29, 1.82) is 0 Å². The molecule has 3 N–H and O–H groups in total. The fourth-order valence-corrected chi connectivity index (χ4v) is 2.20. The fourth-order valence-electron chi connectivity index (χ4n) is 2.20. The molecular formula is C18H20N2O6. The van der Waals surface area contributed by atoms with Gasteiger partial charge in [-0.1, -0.05) is 0 Å². The zero-order valence-corrected chi connectivity index (χ0v) is 14.7. The minimum Gasteiger partial charge on any atom is -0.497 e. The molecule has 8 heteroatoms. The summed E-state index contributed by atoms with van der Waals surface area (Å²) in [6.45, 7) is -0.326. The maximum atomic E-state index is 12.2. The molecule has 2 rings (SSSR count). The molecule has 0 aliphatic carbocycles. The molecule has 0 heterocycles. The second kappa shape index (κ2) is 8.61. The molecule has 0 unspecified atom stereocenters. The number of anilines is 1. The van der Waals surface area contributed by atoms with Crippen molar-refractivity contribution in [3.8, 4) is 23.0 Å². The van der Waals surface area contributed by atoms with Crippen LogP contribution in [0.25, 0.3) is 0 Å². The number of primary amides is 1. The van der Waals surface area contributed by atoms with E-state index < -0.39 is 11.8 Å². The van der Waals surface area contributed by atoms with Gasteiger partial charge >= 0.3 is 0 Å². The first-order chi connectivity index (χ1) is 12.5. The molecule has 0 saturated carbocycles. The van der Waals surface area contributed by atoms with E-state index in [1.54, 1.807) is 24.3 Å². The summed E-state index contributed by atoms with van der Waals surface area (Å²) in [5, 5.41) is 2.67. The summed E-state index contributed by atoms with van der Waals surface area (Å²) in [6.07, 6.45) is 0. The average molecular weight is 360 g/mol. The van der Waals surface area contributed by atoms with Gasteiger partial charge < -0.3 is 30.0 Å². The van der Waals surface area contributed by atoms with Crippen molar-refractivity contribution in [1.82, 2.24) is 0 Å². The van der Waals surface area contributed by atoms with E-state index in [1.165, 1.54) is 33.5 Å². The van der Waals surface area contributed by atoms with Crippen LogP contribution in [-0.2, 0) is 4.79 Å². The SMILES string of the molecule is COc1ccc(OC)c(NC(=O)COc2ccc(OC)cc2C(N)=O)c1. The highest BCUT2D eigenvalue weighted by Crippen LogP contribution is 2.29. The third kappa shape index (κ3) is 4.56. The summed E-state index contributed by atoms with van der Waals surface area (Å²) in [7, 11) is 4.48. The van der Waals surface area contributed by atoms with Crippen molar-refractivity contribution in [3.63, 3.8) is 0 Å². The quantitative estimate of drug-likeness (QED) is 0.743. The lowest BCUT2D eigenvalue weighted by Crippen LogP contribution is -2.22. The van der Waals surface area contributed by atoms with Crippen LogP contribution in [-0.4, -0.2) is 39.8 Å². The predicted octanol–water partition coefficient (Wildman–Crippen LogP) is 1.83. The van der Waals surface area contributed by atoms with Crippen molar-refractivity contribution in [3.05, 3.63) is 42.0 Å². The Kier molecular flexibility index (Phi) is 6.26. The average Bonchev–Trinajstić information content (AvgIpc) is 2.65. The summed E-state index contributed by atoms with van der Waals surface area (Å²) in [6, 6.07) is 9.56. The van der Waals surface area contributed by atoms with E-state index in [0.29, 0.717) is 22.9 Å². The molecule has 8 nitrogen and oxygen atoms in total. The molecule has 0 spiro atoms. The Bertz CT molecular complexity index is 806. The molecule has 0 fully saturated rings. The molecule has 0 saturated heterocycles. The van der Waals surface area contributed by atoms with Gasteiger partial charge in [0.15, 0.2) is 6.61 Å². The molecule has 138 valence electrons. The molecule has 0 aliphatic heterocycles. The number of nitrogens with two attached hydrogens (primary N) is 1. The lowest BCUT2D eigenvalue weighted by Gasteiger charge is -2.13. The second-order valence-corrected chi connectivity index (χ2v) is 5.13. The van der Waals surface area contributed by atoms with Gasteiger partial charge in [0.1, 0.15) is 23.0 Å². The highest BCUT2D eigenvalue weighted by atomic mass is 16.5. The van der Waals surface area contributed by atoms with Crippen molar-refractivity contribution in [2.45, 2.75) is 0 Å². The Hall–Kier alpha value is -3.42. The minimum absolute atomic E-state index is 0.121. The number of hydrogen-bond acceptors (Lipinski definition) is 6. The minimum atomic E-state index is -0.686. The van der Waals surface area contributed by atoms with Crippen LogP contribution < -0.4 is 30.0 Å². The normalized spacial score (nSPS) is 9.96. The smallest absolute Gasteiger partial charge is 0.262 e. The number of benzene rings is 2. The number of nitrogens with one attached hydrogen (secondary N) is 1. The lowest BCUT2D eigenvalue weighted by atomic mass is 10.2. The van der Waals surface area contributed by atoms with E-state index in [1.807, 2.05) is 0 Å². The van der Waals surface area contributed by atoms with Gasteiger partial charge in [-0.25, -0.2) is 0 Å². The van der Waals surface area contributed by atoms with Crippen LogP contribution >= 0.6 is 0 Å². The molecule has 2 aromatic rings. The topological polar surface area (TPSA) is 109 Å². The number of carbonyl (C=O) groups is 2. The van der Waals surface area contributed by atoms with Gasteiger partial charge in [-0.3, -0.25) is 9.59 Å². The maximum Gasteiger partial charge on any atom is 0.262 e.